The molecule has 0 unspecified atom stereocenters. The van der Waals surface area contributed by atoms with E-state index in [0.717, 1.165) is 36.8 Å². The lowest BCUT2D eigenvalue weighted by atomic mass is 9.85. The van der Waals surface area contributed by atoms with Gasteiger partial charge in [0.1, 0.15) is 0 Å². The van der Waals surface area contributed by atoms with Gasteiger partial charge < -0.3 is 21.3 Å². The Hall–Kier alpha value is -2.24. The molecule has 0 saturated heterocycles. The topological polar surface area (TPSA) is 82.3 Å². The number of amides is 4. The van der Waals surface area contributed by atoms with E-state index in [1.165, 1.54) is 5.56 Å². The molecule has 0 aliphatic heterocycles. The molecule has 0 radical (unpaired) electrons. The number of rotatable bonds is 10. The highest BCUT2D eigenvalue weighted by Crippen LogP contribution is 2.24. The molecule has 1 aromatic carbocycles. The Morgan fingerprint density at radius 1 is 0.750 bits per heavy atom. The van der Waals surface area contributed by atoms with Gasteiger partial charge in [-0.25, -0.2) is 9.59 Å². The molecule has 0 bridgehead atoms. The second-order valence-electron chi connectivity index (χ2n) is 8.21. The third-order valence-corrected chi connectivity index (χ3v) is 4.46. The summed E-state index contributed by atoms with van der Waals surface area (Å²) in [4.78, 5) is 23.8. The highest BCUT2D eigenvalue weighted by molar-refractivity contribution is 5.74. The SMILES string of the molecule is CCCCNC(=O)NCc1cc(CNC(=O)NCCCC)cc(C(C)(C)C)c1. The van der Waals surface area contributed by atoms with E-state index in [2.05, 4.69) is 68.0 Å². The second-order valence-corrected chi connectivity index (χ2v) is 8.21. The van der Waals surface area contributed by atoms with Crippen molar-refractivity contribution in [1.29, 1.82) is 0 Å². The van der Waals surface area contributed by atoms with Gasteiger partial charge in [-0.15, -0.1) is 0 Å². The van der Waals surface area contributed by atoms with Crippen molar-refractivity contribution in [1.82, 2.24) is 21.3 Å². The van der Waals surface area contributed by atoms with Crippen LogP contribution in [-0.4, -0.2) is 25.2 Å². The van der Waals surface area contributed by atoms with Crippen molar-refractivity contribution in [3.05, 3.63) is 34.9 Å². The first-order valence-corrected chi connectivity index (χ1v) is 10.4. The fourth-order valence-electron chi connectivity index (χ4n) is 2.65. The van der Waals surface area contributed by atoms with Crippen LogP contribution in [0.5, 0.6) is 0 Å². The maximum absolute atomic E-state index is 11.9. The van der Waals surface area contributed by atoms with Gasteiger partial charge in [0.05, 0.1) is 0 Å². The zero-order valence-electron chi connectivity index (χ0n) is 18.2. The predicted octanol–water partition coefficient (Wildman–Crippen LogP) is 4.18. The summed E-state index contributed by atoms with van der Waals surface area (Å²) in [5, 5.41) is 11.6. The molecule has 4 N–H and O–H groups in total. The number of unbranched alkanes of at least 4 members (excludes halogenated alkanes) is 2. The number of hydrogen-bond donors (Lipinski definition) is 4. The third-order valence-electron chi connectivity index (χ3n) is 4.46. The lowest BCUT2D eigenvalue weighted by Crippen LogP contribution is -2.36. The molecule has 28 heavy (non-hydrogen) atoms. The van der Waals surface area contributed by atoms with Gasteiger partial charge in [0.15, 0.2) is 0 Å². The lowest BCUT2D eigenvalue weighted by molar-refractivity contribution is 0.239. The molecule has 4 amide bonds. The molecule has 0 aliphatic rings. The first-order chi connectivity index (χ1) is 13.3. The van der Waals surface area contributed by atoms with E-state index in [9.17, 15) is 9.59 Å². The Kier molecular flexibility index (Phi) is 10.4. The van der Waals surface area contributed by atoms with Crippen molar-refractivity contribution < 1.29 is 9.59 Å². The average Bonchev–Trinajstić information content (AvgIpc) is 2.64. The summed E-state index contributed by atoms with van der Waals surface area (Å²) >= 11 is 0. The Bertz CT molecular complexity index is 579. The molecule has 0 atom stereocenters. The van der Waals surface area contributed by atoms with E-state index in [1.54, 1.807) is 0 Å². The fraction of sp³-hybridized carbons (Fsp3) is 0.636. The van der Waals surface area contributed by atoms with Gasteiger partial charge in [0.25, 0.3) is 0 Å². The van der Waals surface area contributed by atoms with Crippen LogP contribution in [0.15, 0.2) is 18.2 Å². The van der Waals surface area contributed by atoms with Gasteiger partial charge in [-0.05, 0) is 34.9 Å². The van der Waals surface area contributed by atoms with Crippen LogP contribution in [0.2, 0.25) is 0 Å². The second kappa shape index (κ2) is 12.3. The summed E-state index contributed by atoms with van der Waals surface area (Å²) in [6, 6.07) is 5.98. The van der Waals surface area contributed by atoms with Crippen LogP contribution in [0.4, 0.5) is 9.59 Å². The minimum absolute atomic E-state index is 0.0163. The van der Waals surface area contributed by atoms with Crippen LogP contribution in [0.3, 0.4) is 0 Å². The first-order valence-electron chi connectivity index (χ1n) is 10.4. The highest BCUT2D eigenvalue weighted by atomic mass is 16.2. The quantitative estimate of drug-likeness (QED) is 0.452. The fourth-order valence-corrected chi connectivity index (χ4v) is 2.65. The number of nitrogens with one attached hydrogen (secondary N) is 4. The largest absolute Gasteiger partial charge is 0.338 e. The smallest absolute Gasteiger partial charge is 0.315 e. The number of carbonyl (C=O) groups excluding carboxylic acids is 2. The number of carbonyl (C=O) groups is 2. The van der Waals surface area contributed by atoms with Crippen molar-refractivity contribution in [3.63, 3.8) is 0 Å². The summed E-state index contributed by atoms with van der Waals surface area (Å²) in [7, 11) is 0. The summed E-state index contributed by atoms with van der Waals surface area (Å²) in [6.07, 6.45) is 4.05. The zero-order valence-corrected chi connectivity index (χ0v) is 18.2. The lowest BCUT2D eigenvalue weighted by Gasteiger charge is -2.22. The maximum atomic E-state index is 11.9. The summed E-state index contributed by atoms with van der Waals surface area (Å²) < 4.78 is 0. The molecule has 0 fully saturated rings. The molecular formula is C22H38N4O2. The van der Waals surface area contributed by atoms with Gasteiger partial charge >= 0.3 is 12.1 Å². The third kappa shape index (κ3) is 9.62. The molecule has 158 valence electrons. The Morgan fingerprint density at radius 3 is 1.54 bits per heavy atom. The van der Waals surface area contributed by atoms with E-state index >= 15 is 0 Å². The molecule has 0 saturated carbocycles. The Morgan fingerprint density at radius 2 is 1.18 bits per heavy atom. The predicted molar refractivity (Wildman–Crippen MR) is 115 cm³/mol. The Balaban J connectivity index is 2.72. The van der Waals surface area contributed by atoms with E-state index in [4.69, 9.17) is 0 Å². The van der Waals surface area contributed by atoms with Gasteiger partial charge in [-0.2, -0.15) is 0 Å². The highest BCUT2D eigenvalue weighted by Gasteiger charge is 2.16. The number of hydrogen-bond acceptors (Lipinski definition) is 2. The molecule has 0 spiro atoms. The number of urea groups is 2. The van der Waals surface area contributed by atoms with Crippen molar-refractivity contribution in [2.24, 2.45) is 0 Å². The molecule has 6 heteroatoms. The van der Waals surface area contributed by atoms with E-state index in [0.29, 0.717) is 26.2 Å². The van der Waals surface area contributed by atoms with Crippen LogP contribution in [0, 0.1) is 0 Å². The zero-order chi connectivity index (χ0) is 21.0. The monoisotopic (exact) mass is 390 g/mol. The molecule has 0 aliphatic carbocycles. The van der Waals surface area contributed by atoms with E-state index in [1.807, 2.05) is 6.07 Å². The van der Waals surface area contributed by atoms with Gasteiger partial charge in [-0.3, -0.25) is 0 Å². The van der Waals surface area contributed by atoms with Gasteiger partial charge in [0.2, 0.25) is 0 Å². The van der Waals surface area contributed by atoms with Crippen molar-refractivity contribution >= 4 is 12.1 Å². The van der Waals surface area contributed by atoms with Crippen LogP contribution < -0.4 is 21.3 Å². The number of benzene rings is 1. The summed E-state index contributed by atoms with van der Waals surface area (Å²) in [6.45, 7) is 13.0. The summed E-state index contributed by atoms with van der Waals surface area (Å²) in [5.41, 5.74) is 3.22. The van der Waals surface area contributed by atoms with Gasteiger partial charge in [-0.1, -0.05) is 65.7 Å². The minimum atomic E-state index is -0.149. The van der Waals surface area contributed by atoms with Gasteiger partial charge in [0, 0.05) is 26.2 Å². The first kappa shape index (κ1) is 23.8. The minimum Gasteiger partial charge on any atom is -0.338 e. The molecular weight excluding hydrogens is 352 g/mol. The van der Waals surface area contributed by atoms with Crippen molar-refractivity contribution in [2.75, 3.05) is 13.1 Å². The van der Waals surface area contributed by atoms with Crippen LogP contribution in [0.1, 0.15) is 77.0 Å². The van der Waals surface area contributed by atoms with Crippen LogP contribution >= 0.6 is 0 Å². The van der Waals surface area contributed by atoms with E-state index in [-0.39, 0.29) is 17.5 Å². The van der Waals surface area contributed by atoms with Crippen molar-refractivity contribution in [2.45, 2.75) is 78.8 Å². The molecule has 1 aromatic rings. The molecule has 0 aromatic heterocycles. The molecule has 6 nitrogen and oxygen atoms in total. The molecule has 1 rings (SSSR count). The normalized spacial score (nSPS) is 11.0. The van der Waals surface area contributed by atoms with Crippen LogP contribution in [0.25, 0.3) is 0 Å². The van der Waals surface area contributed by atoms with Crippen LogP contribution in [-0.2, 0) is 18.5 Å². The maximum Gasteiger partial charge on any atom is 0.315 e. The Labute approximate surface area is 170 Å². The standard InChI is InChI=1S/C22H38N4O2/c1-6-8-10-23-20(27)25-15-17-12-18(14-19(13-17)22(3,4)5)16-26-21(28)24-11-9-7-2/h12-14H,6-11,15-16H2,1-5H3,(H2,23,25,27)(H2,24,26,28). The van der Waals surface area contributed by atoms with Crippen molar-refractivity contribution in [3.8, 4) is 0 Å². The average molecular weight is 391 g/mol. The molecule has 0 heterocycles. The summed E-state index contributed by atoms with van der Waals surface area (Å²) in [5.74, 6) is 0. The van der Waals surface area contributed by atoms with E-state index < -0.39 is 0 Å².